The van der Waals surface area contributed by atoms with E-state index in [2.05, 4.69) is 27.1 Å². The normalized spacial score (nSPS) is 18.1. The molecule has 0 amide bonds. The van der Waals surface area contributed by atoms with Crippen LogP contribution in [-0.4, -0.2) is 41.0 Å². The Morgan fingerprint density at radius 1 is 1.39 bits per heavy atom. The van der Waals surface area contributed by atoms with E-state index < -0.39 is 0 Å². The lowest BCUT2D eigenvalue weighted by atomic mass is 9.99. The van der Waals surface area contributed by atoms with Gasteiger partial charge in [0.25, 0.3) is 0 Å². The first-order valence-corrected chi connectivity index (χ1v) is 7.02. The summed E-state index contributed by atoms with van der Waals surface area (Å²) in [6.45, 7) is 8.07. The molecule has 100 valence electrons. The van der Waals surface area contributed by atoms with E-state index >= 15 is 0 Å². The van der Waals surface area contributed by atoms with Crippen LogP contribution in [0.15, 0.2) is 18.6 Å². The van der Waals surface area contributed by atoms with Gasteiger partial charge < -0.3 is 10.2 Å². The maximum Gasteiger partial charge on any atom is 0.115 e. The molecule has 0 atom stereocenters. The molecule has 1 N–H and O–H groups in total. The van der Waals surface area contributed by atoms with E-state index in [4.69, 9.17) is 0 Å². The molecule has 2 rings (SSSR count). The van der Waals surface area contributed by atoms with Crippen molar-refractivity contribution in [2.75, 3.05) is 26.2 Å². The Morgan fingerprint density at radius 2 is 2.22 bits per heavy atom. The van der Waals surface area contributed by atoms with Gasteiger partial charge in [-0.15, -0.1) is 0 Å². The third kappa shape index (κ3) is 4.70. The van der Waals surface area contributed by atoms with Crippen molar-refractivity contribution >= 4 is 0 Å². The van der Waals surface area contributed by atoms with Gasteiger partial charge in [-0.3, -0.25) is 0 Å². The summed E-state index contributed by atoms with van der Waals surface area (Å²) in [7, 11) is 0. The summed E-state index contributed by atoms with van der Waals surface area (Å²) in [6.07, 6.45) is 7.35. The molecule has 4 heteroatoms. The average molecular weight is 248 g/mol. The molecule has 0 aromatic carbocycles. The molecule has 0 saturated carbocycles. The molecule has 0 radical (unpaired) electrons. The van der Waals surface area contributed by atoms with Gasteiger partial charge in [-0.2, -0.15) is 0 Å². The predicted octanol–water partition coefficient (Wildman–Crippen LogP) is 1.69. The highest BCUT2D eigenvalue weighted by Crippen LogP contribution is 2.15. The number of nitrogens with one attached hydrogen (secondary N) is 1. The van der Waals surface area contributed by atoms with Gasteiger partial charge in [0.05, 0.1) is 5.69 Å². The van der Waals surface area contributed by atoms with Crippen molar-refractivity contribution in [2.24, 2.45) is 5.92 Å². The summed E-state index contributed by atoms with van der Waals surface area (Å²) < 4.78 is 0. The Bertz CT molecular complexity index is 320. The van der Waals surface area contributed by atoms with Gasteiger partial charge in [-0.05, 0) is 57.4 Å². The van der Waals surface area contributed by atoms with Gasteiger partial charge >= 0.3 is 0 Å². The van der Waals surface area contributed by atoms with Crippen molar-refractivity contribution in [3.8, 4) is 0 Å². The number of rotatable bonds is 6. The van der Waals surface area contributed by atoms with E-state index in [-0.39, 0.29) is 0 Å². The maximum absolute atomic E-state index is 4.19. The van der Waals surface area contributed by atoms with Crippen molar-refractivity contribution in [1.29, 1.82) is 0 Å². The number of likely N-dealkylation sites (tertiary alicyclic amines) is 1. The van der Waals surface area contributed by atoms with Crippen LogP contribution in [0.5, 0.6) is 0 Å². The van der Waals surface area contributed by atoms with Crippen molar-refractivity contribution in [3.05, 3.63) is 24.3 Å². The zero-order chi connectivity index (χ0) is 12.6. The van der Waals surface area contributed by atoms with Gasteiger partial charge in [0.15, 0.2) is 0 Å². The van der Waals surface area contributed by atoms with Crippen LogP contribution >= 0.6 is 0 Å². The largest absolute Gasteiger partial charge is 0.311 e. The Balaban J connectivity index is 1.51. The molecular formula is C14H24N4. The highest BCUT2D eigenvalue weighted by atomic mass is 15.1. The number of aromatic nitrogens is 2. The van der Waals surface area contributed by atoms with E-state index in [9.17, 15) is 0 Å². The van der Waals surface area contributed by atoms with Crippen LogP contribution in [0.3, 0.4) is 0 Å². The lowest BCUT2D eigenvalue weighted by Gasteiger charge is -2.30. The summed E-state index contributed by atoms with van der Waals surface area (Å²) in [5.74, 6) is 0.928. The average Bonchev–Trinajstić information content (AvgIpc) is 2.42. The smallest absolute Gasteiger partial charge is 0.115 e. The van der Waals surface area contributed by atoms with E-state index in [1.807, 2.05) is 6.07 Å². The number of hydrogen-bond donors (Lipinski definition) is 1. The molecule has 1 aromatic rings. The number of nitrogens with zero attached hydrogens (tertiary/aromatic N) is 3. The minimum Gasteiger partial charge on any atom is -0.311 e. The second-order valence-electron chi connectivity index (χ2n) is 5.26. The monoisotopic (exact) mass is 248 g/mol. The first kappa shape index (κ1) is 13.4. The lowest BCUT2D eigenvalue weighted by Crippen LogP contribution is -2.34. The Kier molecular flexibility index (Phi) is 5.55. The maximum atomic E-state index is 4.19. The van der Waals surface area contributed by atoms with Crippen molar-refractivity contribution in [2.45, 2.75) is 32.7 Å². The van der Waals surface area contributed by atoms with Crippen molar-refractivity contribution in [1.82, 2.24) is 20.2 Å². The fourth-order valence-corrected chi connectivity index (χ4v) is 2.35. The molecule has 0 bridgehead atoms. The van der Waals surface area contributed by atoms with Crippen molar-refractivity contribution in [3.63, 3.8) is 0 Å². The van der Waals surface area contributed by atoms with Crippen molar-refractivity contribution < 1.29 is 0 Å². The zero-order valence-corrected chi connectivity index (χ0v) is 11.3. The van der Waals surface area contributed by atoms with E-state index in [1.165, 1.54) is 38.9 Å². The fourth-order valence-electron chi connectivity index (χ4n) is 2.35. The Morgan fingerprint density at radius 3 is 2.94 bits per heavy atom. The van der Waals surface area contributed by atoms with Gasteiger partial charge in [-0.1, -0.05) is 6.92 Å². The van der Waals surface area contributed by atoms with E-state index in [0.717, 1.165) is 24.7 Å². The third-order valence-electron chi connectivity index (χ3n) is 3.65. The van der Waals surface area contributed by atoms with Gasteiger partial charge in [0, 0.05) is 12.7 Å². The predicted molar refractivity (Wildman–Crippen MR) is 73.2 cm³/mol. The second-order valence-corrected chi connectivity index (χ2v) is 5.26. The SMILES string of the molecule is CC1CCN(CCCNCc2ccncn2)CC1. The minimum absolute atomic E-state index is 0.847. The van der Waals surface area contributed by atoms with Crippen LogP contribution in [0.25, 0.3) is 0 Å². The standard InChI is InChI=1S/C14H24N4/c1-13-4-9-18(10-5-13)8-2-6-15-11-14-3-7-16-12-17-14/h3,7,12-13,15H,2,4-6,8-11H2,1H3. The number of piperidine rings is 1. The third-order valence-corrected chi connectivity index (χ3v) is 3.65. The van der Waals surface area contributed by atoms with Gasteiger partial charge in [0.2, 0.25) is 0 Å². The molecule has 0 spiro atoms. The molecule has 0 aliphatic carbocycles. The molecule has 1 fully saturated rings. The molecule has 1 saturated heterocycles. The summed E-state index contributed by atoms with van der Waals surface area (Å²) in [4.78, 5) is 10.7. The molecular weight excluding hydrogens is 224 g/mol. The molecule has 2 heterocycles. The first-order valence-electron chi connectivity index (χ1n) is 7.02. The van der Waals surface area contributed by atoms with Crippen LogP contribution in [0.1, 0.15) is 31.9 Å². The van der Waals surface area contributed by atoms with Gasteiger partial charge in [-0.25, -0.2) is 9.97 Å². The molecule has 1 aliphatic rings. The summed E-state index contributed by atoms with van der Waals surface area (Å²) >= 11 is 0. The lowest BCUT2D eigenvalue weighted by molar-refractivity contribution is 0.190. The minimum atomic E-state index is 0.847. The highest BCUT2D eigenvalue weighted by Gasteiger charge is 2.14. The van der Waals surface area contributed by atoms with Crippen LogP contribution in [0.2, 0.25) is 0 Å². The molecule has 1 aromatic heterocycles. The Hall–Kier alpha value is -1.00. The van der Waals surface area contributed by atoms with Crippen LogP contribution in [0.4, 0.5) is 0 Å². The molecule has 1 aliphatic heterocycles. The zero-order valence-electron chi connectivity index (χ0n) is 11.3. The van der Waals surface area contributed by atoms with E-state index in [0.29, 0.717) is 0 Å². The topological polar surface area (TPSA) is 41.0 Å². The van der Waals surface area contributed by atoms with Crippen LogP contribution in [0, 0.1) is 5.92 Å². The quantitative estimate of drug-likeness (QED) is 0.778. The molecule has 4 nitrogen and oxygen atoms in total. The first-order chi connectivity index (χ1) is 8.84. The highest BCUT2D eigenvalue weighted by molar-refractivity contribution is 4.96. The second kappa shape index (κ2) is 7.44. The molecule has 18 heavy (non-hydrogen) atoms. The van der Waals surface area contributed by atoms with Crippen LogP contribution < -0.4 is 5.32 Å². The summed E-state index contributed by atoms with van der Waals surface area (Å²) in [6, 6.07) is 1.96. The van der Waals surface area contributed by atoms with Crippen LogP contribution in [-0.2, 0) is 6.54 Å². The summed E-state index contributed by atoms with van der Waals surface area (Å²) in [5.41, 5.74) is 1.07. The Labute approximate surface area is 110 Å². The van der Waals surface area contributed by atoms with Gasteiger partial charge in [0.1, 0.15) is 6.33 Å². The molecule has 0 unspecified atom stereocenters. The van der Waals surface area contributed by atoms with E-state index in [1.54, 1.807) is 12.5 Å². The summed E-state index contributed by atoms with van der Waals surface area (Å²) in [5, 5.41) is 3.43. The number of hydrogen-bond acceptors (Lipinski definition) is 4. The fraction of sp³-hybridized carbons (Fsp3) is 0.714.